The molecule has 2 amide bonds. The molecule has 0 radical (unpaired) electrons. The molecule has 1 N–H and O–H groups in total. The first-order chi connectivity index (χ1) is 17.3. The summed E-state index contributed by atoms with van der Waals surface area (Å²) in [6.45, 7) is 9.79. The van der Waals surface area contributed by atoms with Crippen LogP contribution in [0.25, 0.3) is 11.0 Å². The lowest BCUT2D eigenvalue weighted by Crippen LogP contribution is -2.46. The Balaban J connectivity index is 1.25. The van der Waals surface area contributed by atoms with Crippen LogP contribution in [0.15, 0.2) is 42.5 Å². The number of para-hydroxylation sites is 2. The van der Waals surface area contributed by atoms with Gasteiger partial charge >= 0.3 is 6.03 Å². The summed E-state index contributed by atoms with van der Waals surface area (Å²) in [5.41, 5.74) is 4.23. The van der Waals surface area contributed by atoms with Crippen molar-refractivity contribution in [3.63, 3.8) is 0 Å². The van der Waals surface area contributed by atoms with Crippen LogP contribution in [0.1, 0.15) is 63.4 Å². The van der Waals surface area contributed by atoms with Crippen LogP contribution in [0.5, 0.6) is 0 Å². The molecule has 2 saturated heterocycles. The number of hydrogen-bond donors (Lipinski definition) is 1. The van der Waals surface area contributed by atoms with Gasteiger partial charge in [-0.05, 0) is 89.6 Å². The van der Waals surface area contributed by atoms with Gasteiger partial charge in [-0.15, -0.1) is 0 Å². The molecular formula is C29H38ClN5O. The molecule has 2 fully saturated rings. The molecule has 0 aliphatic carbocycles. The number of aromatic nitrogens is 2. The van der Waals surface area contributed by atoms with Gasteiger partial charge in [-0.25, -0.2) is 9.78 Å². The van der Waals surface area contributed by atoms with Gasteiger partial charge in [0.1, 0.15) is 5.82 Å². The zero-order chi connectivity index (χ0) is 25.4. The SMILES string of the molecule is Cc1ccc(N(CCCN2[C@@H]3CC[C@@H]2CC(n2c(C)nc4ccccc42)C3)C(=O)NC(C)C)cc1Cl. The summed E-state index contributed by atoms with van der Waals surface area (Å²) >= 11 is 6.40. The van der Waals surface area contributed by atoms with Gasteiger partial charge in [0.05, 0.1) is 11.0 Å². The van der Waals surface area contributed by atoms with Crippen molar-refractivity contribution < 1.29 is 4.79 Å². The van der Waals surface area contributed by atoms with Gasteiger partial charge < -0.3 is 9.88 Å². The molecule has 1 aromatic heterocycles. The third kappa shape index (κ3) is 4.98. The van der Waals surface area contributed by atoms with Crippen molar-refractivity contribution in [2.45, 2.75) is 84.0 Å². The molecular weight excluding hydrogens is 470 g/mol. The van der Waals surface area contributed by atoms with Gasteiger partial charge in [-0.1, -0.05) is 29.8 Å². The number of benzene rings is 2. The average molecular weight is 508 g/mol. The first-order valence-corrected chi connectivity index (χ1v) is 13.7. The summed E-state index contributed by atoms with van der Waals surface area (Å²) in [6, 6.07) is 16.1. The highest BCUT2D eigenvalue weighted by atomic mass is 35.5. The van der Waals surface area contributed by atoms with Crippen LogP contribution in [0, 0.1) is 13.8 Å². The number of halogens is 1. The van der Waals surface area contributed by atoms with Gasteiger partial charge in [0, 0.05) is 48.0 Å². The average Bonchev–Trinajstić information content (AvgIpc) is 3.28. The van der Waals surface area contributed by atoms with E-state index in [1.54, 1.807) is 0 Å². The van der Waals surface area contributed by atoms with Crippen LogP contribution >= 0.6 is 11.6 Å². The molecule has 0 spiro atoms. The fourth-order valence-electron chi connectivity index (χ4n) is 6.28. The molecule has 192 valence electrons. The quantitative estimate of drug-likeness (QED) is 0.397. The third-order valence-electron chi connectivity index (χ3n) is 7.92. The fourth-order valence-corrected chi connectivity index (χ4v) is 6.46. The minimum atomic E-state index is -0.0611. The number of carbonyl (C=O) groups excluding carboxylic acids is 1. The van der Waals surface area contributed by atoms with Gasteiger partial charge in [0.15, 0.2) is 0 Å². The van der Waals surface area contributed by atoms with Crippen LogP contribution in [-0.2, 0) is 0 Å². The number of carbonyl (C=O) groups is 1. The first kappa shape index (κ1) is 25.1. The highest BCUT2D eigenvalue weighted by molar-refractivity contribution is 6.31. The molecule has 0 saturated carbocycles. The Hall–Kier alpha value is -2.57. The van der Waals surface area contributed by atoms with E-state index in [4.69, 9.17) is 16.6 Å². The van der Waals surface area contributed by atoms with Crippen LogP contribution in [0.3, 0.4) is 0 Å². The van der Waals surface area contributed by atoms with Crippen molar-refractivity contribution in [3.05, 3.63) is 58.9 Å². The number of hydrogen-bond acceptors (Lipinski definition) is 3. The van der Waals surface area contributed by atoms with E-state index in [1.807, 2.05) is 43.9 Å². The number of nitrogens with zero attached hydrogens (tertiary/aromatic N) is 4. The molecule has 7 heteroatoms. The summed E-state index contributed by atoms with van der Waals surface area (Å²) in [4.78, 5) is 22.4. The van der Waals surface area contributed by atoms with Crippen molar-refractivity contribution in [1.82, 2.24) is 19.8 Å². The summed E-state index contributed by atoms with van der Waals surface area (Å²) in [5.74, 6) is 1.12. The molecule has 2 atom stereocenters. The number of piperidine rings is 1. The maximum atomic E-state index is 13.0. The second-order valence-electron chi connectivity index (χ2n) is 10.8. The standard InChI is InChI=1S/C29H38ClN5O/c1-19(2)31-29(36)34(24-11-10-20(3)26(30)18-24)15-7-14-33-22-12-13-23(33)17-25(16-22)35-21(4)32-27-8-5-6-9-28(27)35/h5-6,8-11,18-19,22-23,25H,7,12-17H2,1-4H3,(H,31,36)/t22-,23-/m1/s1. The molecule has 36 heavy (non-hydrogen) atoms. The second-order valence-corrected chi connectivity index (χ2v) is 11.2. The minimum Gasteiger partial charge on any atom is -0.336 e. The van der Waals surface area contributed by atoms with Gasteiger partial charge in [0.2, 0.25) is 0 Å². The molecule has 0 unspecified atom stereocenters. The number of rotatable bonds is 7. The van der Waals surface area contributed by atoms with E-state index in [0.717, 1.165) is 35.6 Å². The normalized spacial score (nSPS) is 21.9. The summed E-state index contributed by atoms with van der Waals surface area (Å²) in [6.07, 6.45) is 5.79. The fraction of sp³-hybridized carbons (Fsp3) is 0.517. The smallest absolute Gasteiger partial charge is 0.322 e. The van der Waals surface area contributed by atoms with Crippen molar-refractivity contribution >= 4 is 34.4 Å². The molecule has 3 aromatic rings. The Morgan fingerprint density at radius 2 is 1.83 bits per heavy atom. The molecule has 2 aromatic carbocycles. The number of imidazole rings is 1. The number of fused-ring (bicyclic) bond motifs is 3. The first-order valence-electron chi connectivity index (χ1n) is 13.4. The van der Waals surface area contributed by atoms with Crippen molar-refractivity contribution in [3.8, 4) is 0 Å². The largest absolute Gasteiger partial charge is 0.336 e. The molecule has 2 aliphatic rings. The Kier molecular flexibility index (Phi) is 7.27. The maximum Gasteiger partial charge on any atom is 0.322 e. The van der Waals surface area contributed by atoms with E-state index in [9.17, 15) is 4.79 Å². The van der Waals surface area contributed by atoms with Crippen LogP contribution in [0.4, 0.5) is 10.5 Å². The van der Waals surface area contributed by atoms with Crippen LogP contribution in [-0.4, -0.2) is 51.7 Å². The van der Waals surface area contributed by atoms with E-state index >= 15 is 0 Å². The third-order valence-corrected chi connectivity index (χ3v) is 8.33. The topological polar surface area (TPSA) is 53.4 Å². The number of anilines is 1. The monoisotopic (exact) mass is 507 g/mol. The number of aryl methyl sites for hydroxylation is 2. The predicted molar refractivity (Wildman–Crippen MR) is 148 cm³/mol. The molecule has 6 nitrogen and oxygen atoms in total. The Bertz CT molecular complexity index is 1220. The second kappa shape index (κ2) is 10.4. The molecule has 3 heterocycles. The Morgan fingerprint density at radius 1 is 1.11 bits per heavy atom. The van der Waals surface area contributed by atoms with E-state index in [2.05, 4.69) is 46.0 Å². The van der Waals surface area contributed by atoms with Crippen molar-refractivity contribution in [1.29, 1.82) is 0 Å². The molecule has 2 aliphatic heterocycles. The molecule has 5 rings (SSSR count). The van der Waals surface area contributed by atoms with E-state index in [0.29, 0.717) is 29.7 Å². The zero-order valence-electron chi connectivity index (χ0n) is 21.9. The van der Waals surface area contributed by atoms with E-state index in [1.165, 1.54) is 31.2 Å². The van der Waals surface area contributed by atoms with Crippen molar-refractivity contribution in [2.75, 3.05) is 18.0 Å². The highest BCUT2D eigenvalue weighted by Crippen LogP contribution is 2.42. The van der Waals surface area contributed by atoms with Crippen LogP contribution < -0.4 is 10.2 Å². The summed E-state index contributed by atoms with van der Waals surface area (Å²) in [5, 5.41) is 3.75. The maximum absolute atomic E-state index is 13.0. The lowest BCUT2D eigenvalue weighted by molar-refractivity contribution is 0.107. The van der Waals surface area contributed by atoms with Gasteiger partial charge in [0.25, 0.3) is 0 Å². The Labute approximate surface area is 219 Å². The number of urea groups is 1. The van der Waals surface area contributed by atoms with E-state index in [-0.39, 0.29) is 12.1 Å². The van der Waals surface area contributed by atoms with Crippen LogP contribution in [0.2, 0.25) is 5.02 Å². The van der Waals surface area contributed by atoms with E-state index < -0.39 is 0 Å². The van der Waals surface area contributed by atoms with Gasteiger partial charge in [-0.2, -0.15) is 0 Å². The van der Waals surface area contributed by atoms with Crippen molar-refractivity contribution in [2.24, 2.45) is 0 Å². The number of amides is 2. The molecule has 2 bridgehead atoms. The summed E-state index contributed by atoms with van der Waals surface area (Å²) < 4.78 is 2.48. The lowest BCUT2D eigenvalue weighted by Gasteiger charge is -2.40. The lowest BCUT2D eigenvalue weighted by atomic mass is 9.96. The summed E-state index contributed by atoms with van der Waals surface area (Å²) in [7, 11) is 0. The Morgan fingerprint density at radius 3 is 2.53 bits per heavy atom. The highest BCUT2D eigenvalue weighted by Gasteiger charge is 2.41. The minimum absolute atomic E-state index is 0.0611. The predicted octanol–water partition coefficient (Wildman–Crippen LogP) is 6.49. The number of nitrogens with one attached hydrogen (secondary N) is 1. The zero-order valence-corrected chi connectivity index (χ0v) is 22.6. The van der Waals surface area contributed by atoms with Gasteiger partial charge in [-0.3, -0.25) is 9.80 Å².